The zero-order valence-electron chi connectivity index (χ0n) is 14.2. The van der Waals surface area contributed by atoms with Crippen molar-refractivity contribution in [1.29, 1.82) is 0 Å². The van der Waals surface area contributed by atoms with Crippen LogP contribution in [-0.2, 0) is 11.3 Å². The lowest BCUT2D eigenvalue weighted by molar-refractivity contribution is -0.137. The largest absolute Gasteiger partial charge is 0.334 e. The van der Waals surface area contributed by atoms with Gasteiger partial charge in [-0.25, -0.2) is 4.98 Å². The predicted molar refractivity (Wildman–Crippen MR) is 92.1 cm³/mol. The van der Waals surface area contributed by atoms with Crippen molar-refractivity contribution in [2.45, 2.75) is 65.0 Å². The summed E-state index contributed by atoms with van der Waals surface area (Å²) in [5, 5.41) is 0. The number of hydrogen-bond donors (Lipinski definition) is 0. The average molecular weight is 313 g/mol. The van der Waals surface area contributed by atoms with E-state index >= 15 is 0 Å². The zero-order valence-corrected chi connectivity index (χ0v) is 14.2. The molecule has 0 spiro atoms. The van der Waals surface area contributed by atoms with Gasteiger partial charge in [0, 0.05) is 18.2 Å². The molecule has 23 heavy (non-hydrogen) atoms. The van der Waals surface area contributed by atoms with Crippen LogP contribution in [0.25, 0.3) is 5.65 Å². The van der Waals surface area contributed by atoms with Gasteiger partial charge in [-0.1, -0.05) is 32.8 Å². The molecule has 124 valence electrons. The lowest BCUT2D eigenvalue weighted by atomic mass is 9.96. The number of amides is 1. The van der Waals surface area contributed by atoms with Gasteiger partial charge in [0.25, 0.3) is 0 Å². The molecular formula is C19H27N3O. The minimum Gasteiger partial charge on any atom is -0.334 e. The summed E-state index contributed by atoms with van der Waals surface area (Å²) >= 11 is 0. The number of carbonyl (C=O) groups is 1. The quantitative estimate of drug-likeness (QED) is 0.737. The van der Waals surface area contributed by atoms with Gasteiger partial charge in [0.15, 0.2) is 0 Å². The van der Waals surface area contributed by atoms with Crippen LogP contribution in [0.2, 0.25) is 0 Å². The van der Waals surface area contributed by atoms with Crippen LogP contribution < -0.4 is 0 Å². The topological polar surface area (TPSA) is 37.6 Å². The summed E-state index contributed by atoms with van der Waals surface area (Å²) in [6.07, 6.45) is 10.4. The molecule has 0 N–H and O–H groups in total. The van der Waals surface area contributed by atoms with Gasteiger partial charge in [0.05, 0.1) is 18.4 Å². The number of aromatic nitrogens is 2. The first-order valence-corrected chi connectivity index (χ1v) is 8.96. The van der Waals surface area contributed by atoms with Gasteiger partial charge in [-0.15, -0.1) is 0 Å². The van der Waals surface area contributed by atoms with Crippen LogP contribution in [0.4, 0.5) is 0 Å². The van der Waals surface area contributed by atoms with E-state index in [-0.39, 0.29) is 5.92 Å². The summed E-state index contributed by atoms with van der Waals surface area (Å²) in [5.41, 5.74) is 2.05. The molecule has 1 fully saturated rings. The van der Waals surface area contributed by atoms with Crippen LogP contribution >= 0.6 is 0 Å². The Morgan fingerprint density at radius 3 is 2.70 bits per heavy atom. The Labute approximate surface area is 138 Å². The van der Waals surface area contributed by atoms with Crippen molar-refractivity contribution in [2.75, 3.05) is 0 Å². The van der Waals surface area contributed by atoms with E-state index in [1.54, 1.807) is 0 Å². The van der Waals surface area contributed by atoms with Gasteiger partial charge < -0.3 is 9.30 Å². The Morgan fingerprint density at radius 2 is 2.04 bits per heavy atom. The maximum absolute atomic E-state index is 13.1. The maximum atomic E-state index is 13.1. The van der Waals surface area contributed by atoms with Crippen LogP contribution in [0.3, 0.4) is 0 Å². The van der Waals surface area contributed by atoms with Crippen LogP contribution in [0.5, 0.6) is 0 Å². The smallest absolute Gasteiger partial charge is 0.226 e. The average Bonchev–Trinajstić information content (AvgIpc) is 3.33. The van der Waals surface area contributed by atoms with Crippen molar-refractivity contribution in [3.63, 3.8) is 0 Å². The molecule has 1 aliphatic rings. The molecule has 0 radical (unpaired) electrons. The van der Waals surface area contributed by atoms with Gasteiger partial charge in [0.1, 0.15) is 5.65 Å². The Hall–Kier alpha value is -1.84. The second-order valence-corrected chi connectivity index (χ2v) is 6.65. The second-order valence-electron chi connectivity index (χ2n) is 6.65. The molecule has 0 bridgehead atoms. The number of hydrogen-bond acceptors (Lipinski definition) is 2. The van der Waals surface area contributed by atoms with E-state index in [1.165, 1.54) is 0 Å². The molecule has 3 rings (SSSR count). The number of carbonyl (C=O) groups excluding carboxylic acids is 1. The highest BCUT2D eigenvalue weighted by Gasteiger charge is 2.35. The molecule has 0 saturated heterocycles. The van der Waals surface area contributed by atoms with Crippen molar-refractivity contribution in [2.24, 2.45) is 5.92 Å². The van der Waals surface area contributed by atoms with Crippen molar-refractivity contribution in [3.8, 4) is 0 Å². The molecule has 2 aromatic rings. The molecule has 0 atom stereocenters. The molecular weight excluding hydrogens is 286 g/mol. The van der Waals surface area contributed by atoms with Gasteiger partial charge in [-0.2, -0.15) is 0 Å². The second kappa shape index (κ2) is 7.16. The lowest BCUT2D eigenvalue weighted by Crippen LogP contribution is -2.37. The Morgan fingerprint density at radius 1 is 1.30 bits per heavy atom. The standard InChI is InChI=1S/C19H27N3O/c1-3-7-15(8-4-2)19(23)22(16-10-11-16)14-17-13-20-18-9-5-6-12-21(17)18/h5-6,9,12-13,15-16H,3-4,7-8,10-11,14H2,1-2H3. The van der Waals surface area contributed by atoms with Crippen LogP contribution in [0, 0.1) is 5.92 Å². The van der Waals surface area contributed by atoms with Crippen LogP contribution in [-0.4, -0.2) is 26.2 Å². The Balaban J connectivity index is 1.80. The third-order valence-electron chi connectivity index (χ3n) is 4.72. The molecule has 0 unspecified atom stereocenters. The fourth-order valence-electron chi connectivity index (χ4n) is 3.37. The SMILES string of the molecule is CCCC(CCC)C(=O)N(Cc1cnc2ccccn12)C1CC1. The highest BCUT2D eigenvalue weighted by molar-refractivity contribution is 5.79. The van der Waals surface area contributed by atoms with Gasteiger partial charge in [0.2, 0.25) is 5.91 Å². The van der Waals surface area contributed by atoms with Crippen molar-refractivity contribution >= 4 is 11.6 Å². The summed E-state index contributed by atoms with van der Waals surface area (Å²) in [6.45, 7) is 5.02. The highest BCUT2D eigenvalue weighted by atomic mass is 16.2. The fourth-order valence-corrected chi connectivity index (χ4v) is 3.37. The number of fused-ring (bicyclic) bond motifs is 1. The monoisotopic (exact) mass is 313 g/mol. The first kappa shape index (κ1) is 16.0. The summed E-state index contributed by atoms with van der Waals surface area (Å²) in [6, 6.07) is 6.45. The van der Waals surface area contributed by atoms with E-state index in [4.69, 9.17) is 0 Å². The fraction of sp³-hybridized carbons (Fsp3) is 0.579. The molecule has 0 aromatic carbocycles. The van der Waals surface area contributed by atoms with E-state index in [2.05, 4.69) is 28.1 Å². The first-order valence-electron chi connectivity index (χ1n) is 8.96. The first-order chi connectivity index (χ1) is 11.2. The van der Waals surface area contributed by atoms with E-state index in [9.17, 15) is 4.79 Å². The molecule has 1 aliphatic carbocycles. The number of imidazole rings is 1. The summed E-state index contributed by atoms with van der Waals surface area (Å²) in [5.74, 6) is 0.534. The molecule has 0 aliphatic heterocycles. The number of pyridine rings is 1. The predicted octanol–water partition coefficient (Wildman–Crippen LogP) is 4.04. The summed E-state index contributed by atoms with van der Waals surface area (Å²) < 4.78 is 2.09. The molecule has 2 heterocycles. The van der Waals surface area contributed by atoms with Crippen molar-refractivity contribution < 1.29 is 4.79 Å². The third-order valence-corrected chi connectivity index (χ3v) is 4.72. The number of nitrogens with zero attached hydrogens (tertiary/aromatic N) is 3. The van der Waals surface area contributed by atoms with Gasteiger partial charge in [-0.05, 0) is 37.8 Å². The minimum absolute atomic E-state index is 0.185. The summed E-state index contributed by atoms with van der Waals surface area (Å²) in [4.78, 5) is 19.6. The van der Waals surface area contributed by atoms with Crippen molar-refractivity contribution in [3.05, 3.63) is 36.3 Å². The molecule has 1 saturated carbocycles. The molecule has 2 aromatic heterocycles. The van der Waals surface area contributed by atoms with E-state index in [0.29, 0.717) is 18.5 Å². The third kappa shape index (κ3) is 3.57. The van der Waals surface area contributed by atoms with Gasteiger partial charge >= 0.3 is 0 Å². The highest BCUT2D eigenvalue weighted by Crippen LogP contribution is 2.31. The minimum atomic E-state index is 0.185. The zero-order chi connectivity index (χ0) is 16.2. The van der Waals surface area contributed by atoms with Gasteiger partial charge in [-0.3, -0.25) is 4.79 Å². The summed E-state index contributed by atoms with van der Waals surface area (Å²) in [7, 11) is 0. The Kier molecular flexibility index (Phi) is 4.99. The molecule has 4 heteroatoms. The lowest BCUT2D eigenvalue weighted by Gasteiger charge is -2.27. The molecule has 1 amide bonds. The Bertz CT molecular complexity index is 653. The van der Waals surface area contributed by atoms with E-state index in [0.717, 1.165) is 49.9 Å². The van der Waals surface area contributed by atoms with Crippen LogP contribution in [0.15, 0.2) is 30.6 Å². The van der Waals surface area contributed by atoms with E-state index in [1.807, 2.05) is 30.6 Å². The van der Waals surface area contributed by atoms with Crippen LogP contribution in [0.1, 0.15) is 58.1 Å². The van der Waals surface area contributed by atoms with Crippen molar-refractivity contribution in [1.82, 2.24) is 14.3 Å². The maximum Gasteiger partial charge on any atom is 0.226 e. The normalized spacial score (nSPS) is 14.6. The number of rotatable bonds is 8. The van der Waals surface area contributed by atoms with E-state index < -0.39 is 0 Å². The molecule has 4 nitrogen and oxygen atoms in total.